The lowest BCUT2D eigenvalue weighted by Gasteiger charge is -2.16. The van der Waals surface area contributed by atoms with Gasteiger partial charge in [-0.25, -0.2) is 0 Å². The van der Waals surface area contributed by atoms with Gasteiger partial charge >= 0.3 is 0 Å². The van der Waals surface area contributed by atoms with Crippen LogP contribution < -0.4 is 9.47 Å². The van der Waals surface area contributed by atoms with Crippen molar-refractivity contribution in [3.8, 4) is 33.1 Å². The van der Waals surface area contributed by atoms with Crippen molar-refractivity contribution in [3.05, 3.63) is 72.8 Å². The Labute approximate surface area is 192 Å². The van der Waals surface area contributed by atoms with Crippen LogP contribution in [0.2, 0.25) is 0 Å². The van der Waals surface area contributed by atoms with Gasteiger partial charge in [0, 0.05) is 33.5 Å². The standard InChI is InChI=1S/C27H25NO3S/c1-30-22-13-14-23-24(18-22)32-27(20-6-3-2-4-7-20)26(23)19-9-11-21(12-10-19)31-17-16-28-15-5-8-25(28)29/h2-4,6-7,9-14,18H,5,8,15-17H2,1H3. The van der Waals surface area contributed by atoms with Crippen molar-refractivity contribution in [1.29, 1.82) is 0 Å². The first kappa shape index (κ1) is 20.6. The van der Waals surface area contributed by atoms with Gasteiger partial charge in [0.2, 0.25) is 5.91 Å². The zero-order valence-corrected chi connectivity index (χ0v) is 18.9. The second-order valence-electron chi connectivity index (χ2n) is 7.89. The van der Waals surface area contributed by atoms with Crippen molar-refractivity contribution in [3.63, 3.8) is 0 Å². The Morgan fingerprint density at radius 3 is 2.44 bits per heavy atom. The van der Waals surface area contributed by atoms with E-state index in [-0.39, 0.29) is 5.91 Å². The molecule has 1 saturated heterocycles. The number of benzene rings is 3. The van der Waals surface area contributed by atoms with Crippen molar-refractivity contribution in [2.75, 3.05) is 26.8 Å². The molecule has 1 fully saturated rings. The molecule has 4 nitrogen and oxygen atoms in total. The van der Waals surface area contributed by atoms with E-state index in [0.29, 0.717) is 19.6 Å². The first-order valence-electron chi connectivity index (χ1n) is 10.9. The summed E-state index contributed by atoms with van der Waals surface area (Å²) in [6, 6.07) is 25.0. The van der Waals surface area contributed by atoms with Gasteiger partial charge in [-0.3, -0.25) is 4.79 Å². The van der Waals surface area contributed by atoms with Crippen LogP contribution >= 0.6 is 11.3 Å². The molecule has 0 radical (unpaired) electrons. The van der Waals surface area contributed by atoms with Gasteiger partial charge in [0.25, 0.3) is 0 Å². The van der Waals surface area contributed by atoms with Crippen LogP contribution in [0.15, 0.2) is 72.8 Å². The Kier molecular flexibility index (Phi) is 5.82. The molecule has 5 heteroatoms. The lowest BCUT2D eigenvalue weighted by Crippen LogP contribution is -2.29. The van der Waals surface area contributed by atoms with Gasteiger partial charge in [0.1, 0.15) is 18.1 Å². The van der Waals surface area contributed by atoms with Gasteiger partial charge in [0.15, 0.2) is 0 Å². The van der Waals surface area contributed by atoms with Gasteiger partial charge < -0.3 is 14.4 Å². The highest BCUT2D eigenvalue weighted by Crippen LogP contribution is 2.45. The molecule has 162 valence electrons. The fraction of sp³-hybridized carbons (Fsp3) is 0.222. The first-order chi connectivity index (χ1) is 15.7. The number of ether oxygens (including phenoxy) is 2. The molecule has 1 aromatic heterocycles. The monoisotopic (exact) mass is 443 g/mol. The number of nitrogens with zero attached hydrogens (tertiary/aromatic N) is 1. The highest BCUT2D eigenvalue weighted by atomic mass is 32.1. The van der Waals surface area contributed by atoms with Crippen molar-refractivity contribution in [1.82, 2.24) is 4.90 Å². The van der Waals surface area contributed by atoms with Crippen molar-refractivity contribution in [2.24, 2.45) is 0 Å². The number of likely N-dealkylation sites (tertiary alicyclic amines) is 1. The van der Waals surface area contributed by atoms with Gasteiger partial charge in [-0.15, -0.1) is 11.3 Å². The highest BCUT2D eigenvalue weighted by Gasteiger charge is 2.20. The summed E-state index contributed by atoms with van der Waals surface area (Å²) >= 11 is 1.79. The maximum absolute atomic E-state index is 11.8. The van der Waals surface area contributed by atoms with Crippen LogP contribution in [-0.4, -0.2) is 37.6 Å². The second kappa shape index (κ2) is 9.05. The quantitative estimate of drug-likeness (QED) is 0.339. The Hall–Kier alpha value is -3.31. The predicted molar refractivity (Wildman–Crippen MR) is 131 cm³/mol. The molecule has 0 unspecified atom stereocenters. The smallest absolute Gasteiger partial charge is 0.222 e. The molecule has 2 heterocycles. The third-order valence-corrected chi connectivity index (χ3v) is 7.08. The van der Waals surface area contributed by atoms with E-state index in [2.05, 4.69) is 48.5 Å². The maximum Gasteiger partial charge on any atom is 0.222 e. The molecule has 5 rings (SSSR count). The highest BCUT2D eigenvalue weighted by molar-refractivity contribution is 7.23. The van der Waals surface area contributed by atoms with Gasteiger partial charge in [0.05, 0.1) is 13.7 Å². The van der Waals surface area contributed by atoms with Crippen LogP contribution in [0, 0.1) is 0 Å². The molecule has 0 saturated carbocycles. The van der Waals surface area contributed by atoms with E-state index in [1.807, 2.05) is 29.2 Å². The maximum atomic E-state index is 11.8. The predicted octanol–water partition coefficient (Wildman–Crippen LogP) is 6.25. The molecule has 1 aliphatic heterocycles. The molecule has 4 aromatic rings. The van der Waals surface area contributed by atoms with Crippen LogP contribution in [0.3, 0.4) is 0 Å². The number of carbonyl (C=O) groups excluding carboxylic acids is 1. The first-order valence-corrected chi connectivity index (χ1v) is 11.7. The Balaban J connectivity index is 1.43. The molecule has 0 N–H and O–H groups in total. The molecule has 3 aromatic carbocycles. The lowest BCUT2D eigenvalue weighted by atomic mass is 9.99. The van der Waals surface area contributed by atoms with E-state index in [4.69, 9.17) is 9.47 Å². The normalized spacial score (nSPS) is 13.7. The fourth-order valence-electron chi connectivity index (χ4n) is 4.22. The van der Waals surface area contributed by atoms with Crippen LogP contribution in [0.1, 0.15) is 12.8 Å². The zero-order chi connectivity index (χ0) is 21.9. The molecule has 0 atom stereocenters. The number of fused-ring (bicyclic) bond motifs is 1. The molecule has 0 aliphatic carbocycles. The summed E-state index contributed by atoms with van der Waals surface area (Å²) in [5.74, 6) is 1.92. The Morgan fingerprint density at radius 2 is 1.72 bits per heavy atom. The van der Waals surface area contributed by atoms with Crippen LogP contribution in [0.25, 0.3) is 31.7 Å². The Morgan fingerprint density at radius 1 is 0.938 bits per heavy atom. The largest absolute Gasteiger partial charge is 0.497 e. The minimum absolute atomic E-state index is 0.235. The van der Waals surface area contributed by atoms with Crippen molar-refractivity contribution >= 4 is 27.3 Å². The third-order valence-electron chi connectivity index (χ3n) is 5.88. The summed E-state index contributed by atoms with van der Waals surface area (Å²) in [5, 5.41) is 1.22. The summed E-state index contributed by atoms with van der Waals surface area (Å²) in [6.07, 6.45) is 1.62. The molecule has 1 amide bonds. The lowest BCUT2D eigenvalue weighted by molar-refractivity contribution is -0.128. The summed E-state index contributed by atoms with van der Waals surface area (Å²) in [6.45, 7) is 2.01. The third kappa shape index (κ3) is 4.08. The number of thiophene rings is 1. The van der Waals surface area contributed by atoms with Gasteiger partial charge in [-0.05, 0) is 47.9 Å². The number of amides is 1. The van der Waals surface area contributed by atoms with E-state index in [0.717, 1.165) is 30.0 Å². The summed E-state index contributed by atoms with van der Waals surface area (Å²) in [4.78, 5) is 14.9. The molecule has 32 heavy (non-hydrogen) atoms. The SMILES string of the molecule is COc1ccc2c(-c3ccc(OCCN4CCCC4=O)cc3)c(-c3ccccc3)sc2c1. The number of carbonyl (C=O) groups is 1. The van der Waals surface area contributed by atoms with Crippen LogP contribution in [0.4, 0.5) is 0 Å². The van der Waals surface area contributed by atoms with E-state index in [9.17, 15) is 4.79 Å². The molecule has 0 spiro atoms. The Bertz CT molecular complexity index is 1230. The summed E-state index contributed by atoms with van der Waals surface area (Å²) in [7, 11) is 1.70. The zero-order valence-electron chi connectivity index (χ0n) is 18.0. The van der Waals surface area contributed by atoms with Crippen LogP contribution in [-0.2, 0) is 4.79 Å². The molecular weight excluding hydrogens is 418 g/mol. The van der Waals surface area contributed by atoms with Gasteiger partial charge in [-0.2, -0.15) is 0 Å². The minimum atomic E-state index is 0.235. The van der Waals surface area contributed by atoms with E-state index in [1.165, 1.54) is 26.1 Å². The molecule has 1 aliphatic rings. The van der Waals surface area contributed by atoms with Crippen molar-refractivity contribution in [2.45, 2.75) is 12.8 Å². The minimum Gasteiger partial charge on any atom is -0.497 e. The summed E-state index contributed by atoms with van der Waals surface area (Å²) in [5.41, 5.74) is 3.59. The van der Waals surface area contributed by atoms with E-state index >= 15 is 0 Å². The average molecular weight is 444 g/mol. The van der Waals surface area contributed by atoms with Crippen molar-refractivity contribution < 1.29 is 14.3 Å². The molecule has 0 bridgehead atoms. The second-order valence-corrected chi connectivity index (χ2v) is 8.94. The number of methoxy groups -OCH3 is 1. The number of hydrogen-bond donors (Lipinski definition) is 0. The fourth-order valence-corrected chi connectivity index (χ4v) is 5.47. The average Bonchev–Trinajstić information content (AvgIpc) is 3.43. The topological polar surface area (TPSA) is 38.8 Å². The van der Waals surface area contributed by atoms with E-state index < -0.39 is 0 Å². The van der Waals surface area contributed by atoms with Gasteiger partial charge in [-0.1, -0.05) is 42.5 Å². The summed E-state index contributed by atoms with van der Waals surface area (Å²) < 4.78 is 12.6. The number of rotatable bonds is 7. The molecular formula is C27H25NO3S. The number of hydrogen-bond acceptors (Lipinski definition) is 4. The van der Waals surface area contributed by atoms with E-state index in [1.54, 1.807) is 18.4 Å². The van der Waals surface area contributed by atoms with Crippen LogP contribution in [0.5, 0.6) is 11.5 Å².